The summed E-state index contributed by atoms with van der Waals surface area (Å²) in [5.74, 6) is -0.542. The number of nitrogens with zero attached hydrogens (tertiary/aromatic N) is 1. The first-order valence-electron chi connectivity index (χ1n) is 9.95. The molecule has 1 aliphatic carbocycles. The monoisotopic (exact) mass is 414 g/mol. The lowest BCUT2D eigenvalue weighted by molar-refractivity contribution is -0.124. The molecule has 0 radical (unpaired) electrons. The van der Waals surface area contributed by atoms with Crippen molar-refractivity contribution in [3.05, 3.63) is 75.8 Å². The van der Waals surface area contributed by atoms with Gasteiger partial charge < -0.3 is 5.11 Å². The summed E-state index contributed by atoms with van der Waals surface area (Å²) in [7, 11) is 0. The number of aliphatic hydroxyl groups is 1. The first-order chi connectivity index (χ1) is 14.1. The SMILES string of the molecule is O=C(C=Cc1ccc2c(c1)CCC2N(CCCO)CCc1cccc(Cl)c1)NO. The van der Waals surface area contributed by atoms with Crippen molar-refractivity contribution in [2.24, 2.45) is 0 Å². The number of nitrogens with one attached hydrogen (secondary N) is 1. The van der Waals surface area contributed by atoms with Gasteiger partial charge in [0, 0.05) is 36.8 Å². The molecule has 0 saturated heterocycles. The molecule has 0 aromatic heterocycles. The third-order valence-electron chi connectivity index (χ3n) is 5.37. The number of hydroxylamine groups is 1. The number of aliphatic hydroxyl groups excluding tert-OH is 1. The van der Waals surface area contributed by atoms with E-state index in [0.717, 1.165) is 49.4 Å². The van der Waals surface area contributed by atoms with Crippen molar-refractivity contribution in [1.82, 2.24) is 10.4 Å². The molecule has 0 fully saturated rings. The molecular formula is C23H27ClN2O3. The Bertz CT molecular complexity index is 869. The van der Waals surface area contributed by atoms with E-state index in [-0.39, 0.29) is 6.61 Å². The van der Waals surface area contributed by atoms with Crippen LogP contribution in [0, 0.1) is 0 Å². The summed E-state index contributed by atoms with van der Waals surface area (Å²) in [6, 6.07) is 14.5. The highest BCUT2D eigenvalue weighted by molar-refractivity contribution is 6.30. The summed E-state index contributed by atoms with van der Waals surface area (Å²) in [5.41, 5.74) is 6.36. The van der Waals surface area contributed by atoms with Crippen molar-refractivity contribution in [2.45, 2.75) is 31.7 Å². The van der Waals surface area contributed by atoms with Gasteiger partial charge in [-0.1, -0.05) is 41.9 Å². The van der Waals surface area contributed by atoms with Gasteiger partial charge in [-0.2, -0.15) is 0 Å². The van der Waals surface area contributed by atoms with Gasteiger partial charge >= 0.3 is 0 Å². The van der Waals surface area contributed by atoms with E-state index in [9.17, 15) is 9.90 Å². The summed E-state index contributed by atoms with van der Waals surface area (Å²) in [5, 5.41) is 18.7. The fourth-order valence-electron chi connectivity index (χ4n) is 3.97. The number of benzene rings is 2. The summed E-state index contributed by atoms with van der Waals surface area (Å²) >= 11 is 6.12. The molecule has 3 N–H and O–H groups in total. The molecule has 0 bridgehead atoms. The highest BCUT2D eigenvalue weighted by Crippen LogP contribution is 2.36. The van der Waals surface area contributed by atoms with Crippen molar-refractivity contribution in [3.8, 4) is 0 Å². The van der Waals surface area contributed by atoms with Crippen molar-refractivity contribution in [1.29, 1.82) is 0 Å². The minimum atomic E-state index is -0.542. The molecule has 0 aliphatic heterocycles. The lowest BCUT2D eigenvalue weighted by Crippen LogP contribution is -2.31. The third kappa shape index (κ3) is 5.90. The molecule has 6 heteroatoms. The number of hydrogen-bond donors (Lipinski definition) is 3. The Morgan fingerprint density at radius 1 is 1.24 bits per heavy atom. The van der Waals surface area contributed by atoms with Crippen molar-refractivity contribution < 1.29 is 15.1 Å². The molecule has 1 amide bonds. The Labute approximate surface area is 176 Å². The fourth-order valence-corrected chi connectivity index (χ4v) is 4.18. The minimum Gasteiger partial charge on any atom is -0.396 e. The van der Waals surface area contributed by atoms with Gasteiger partial charge in [-0.3, -0.25) is 14.9 Å². The maximum atomic E-state index is 11.2. The number of halogens is 1. The van der Waals surface area contributed by atoms with E-state index in [2.05, 4.69) is 23.1 Å². The predicted molar refractivity (Wildman–Crippen MR) is 115 cm³/mol. The second-order valence-electron chi connectivity index (χ2n) is 7.32. The minimum absolute atomic E-state index is 0.184. The average Bonchev–Trinajstić information content (AvgIpc) is 3.15. The highest BCUT2D eigenvalue weighted by Gasteiger charge is 2.27. The van der Waals surface area contributed by atoms with Gasteiger partial charge in [0.05, 0.1) is 0 Å². The zero-order chi connectivity index (χ0) is 20.6. The maximum absolute atomic E-state index is 11.2. The third-order valence-corrected chi connectivity index (χ3v) is 5.61. The lowest BCUT2D eigenvalue weighted by Gasteiger charge is -2.29. The maximum Gasteiger partial charge on any atom is 0.267 e. The van der Waals surface area contributed by atoms with Crippen LogP contribution in [-0.4, -0.2) is 40.8 Å². The molecule has 154 valence electrons. The molecule has 2 aromatic rings. The Hall–Kier alpha value is -2.18. The first kappa shape index (κ1) is 21.5. The number of hydrogen-bond acceptors (Lipinski definition) is 4. The van der Waals surface area contributed by atoms with Gasteiger partial charge in [0.15, 0.2) is 0 Å². The lowest BCUT2D eigenvalue weighted by atomic mass is 10.0. The van der Waals surface area contributed by atoms with E-state index in [1.54, 1.807) is 11.6 Å². The fraction of sp³-hybridized carbons (Fsp3) is 0.348. The molecule has 1 atom stereocenters. The van der Waals surface area contributed by atoms with Crippen LogP contribution in [0.15, 0.2) is 48.5 Å². The van der Waals surface area contributed by atoms with E-state index in [1.807, 2.05) is 24.3 Å². The molecule has 0 heterocycles. The van der Waals surface area contributed by atoms with Crippen molar-refractivity contribution in [3.63, 3.8) is 0 Å². The smallest absolute Gasteiger partial charge is 0.267 e. The van der Waals surface area contributed by atoms with Gasteiger partial charge in [-0.25, -0.2) is 5.48 Å². The van der Waals surface area contributed by atoms with Crippen LogP contribution in [0.2, 0.25) is 5.02 Å². The molecular weight excluding hydrogens is 388 g/mol. The van der Waals surface area contributed by atoms with Crippen LogP contribution in [-0.2, 0) is 17.6 Å². The predicted octanol–water partition coefficient (Wildman–Crippen LogP) is 3.77. The van der Waals surface area contributed by atoms with Gasteiger partial charge in [0.1, 0.15) is 0 Å². The molecule has 3 rings (SSSR count). The normalized spacial score (nSPS) is 15.8. The number of rotatable bonds is 9. The quantitative estimate of drug-likeness (QED) is 0.332. The molecule has 2 aromatic carbocycles. The zero-order valence-corrected chi connectivity index (χ0v) is 17.1. The zero-order valence-electron chi connectivity index (χ0n) is 16.4. The van der Waals surface area contributed by atoms with Crippen LogP contribution in [0.4, 0.5) is 0 Å². The van der Waals surface area contributed by atoms with E-state index >= 15 is 0 Å². The molecule has 1 unspecified atom stereocenters. The number of amides is 1. The second-order valence-corrected chi connectivity index (χ2v) is 7.75. The van der Waals surface area contributed by atoms with Crippen molar-refractivity contribution in [2.75, 3.05) is 19.7 Å². The summed E-state index contributed by atoms with van der Waals surface area (Å²) in [6.07, 6.45) is 6.70. The molecule has 0 saturated carbocycles. The topological polar surface area (TPSA) is 72.8 Å². The number of aryl methyl sites for hydroxylation is 1. The van der Waals surface area contributed by atoms with Crippen LogP contribution in [0.1, 0.15) is 41.1 Å². The Morgan fingerprint density at radius 2 is 2.10 bits per heavy atom. The highest BCUT2D eigenvalue weighted by atomic mass is 35.5. The van der Waals surface area contributed by atoms with Gasteiger partial charge in [0.25, 0.3) is 5.91 Å². The van der Waals surface area contributed by atoms with Gasteiger partial charge in [-0.05, 0) is 66.1 Å². The van der Waals surface area contributed by atoms with Gasteiger partial charge in [0.2, 0.25) is 0 Å². The van der Waals surface area contributed by atoms with E-state index in [1.165, 1.54) is 22.8 Å². The van der Waals surface area contributed by atoms with Crippen LogP contribution in [0.25, 0.3) is 6.08 Å². The first-order valence-corrected chi connectivity index (χ1v) is 10.3. The van der Waals surface area contributed by atoms with Crippen molar-refractivity contribution >= 4 is 23.6 Å². The average molecular weight is 415 g/mol. The standard InChI is InChI=1S/C23H27ClN2O3/c24-20-4-1-3-17(16-20)11-13-26(12-2-14-27)22-9-7-19-15-18(5-8-21(19)22)6-10-23(28)25-29/h1,3-6,8,10,15-16,22,27,29H,2,7,9,11-14H2,(H,25,28). The van der Waals surface area contributed by atoms with E-state index in [4.69, 9.17) is 16.8 Å². The Morgan fingerprint density at radius 3 is 2.86 bits per heavy atom. The van der Waals surface area contributed by atoms with Crippen LogP contribution in [0.3, 0.4) is 0 Å². The molecule has 29 heavy (non-hydrogen) atoms. The Balaban J connectivity index is 1.73. The van der Waals surface area contributed by atoms with E-state index < -0.39 is 5.91 Å². The van der Waals surface area contributed by atoms with Crippen LogP contribution < -0.4 is 5.48 Å². The number of fused-ring (bicyclic) bond motifs is 1. The second kappa shape index (κ2) is 10.6. The molecule has 0 spiro atoms. The van der Waals surface area contributed by atoms with Crippen LogP contribution in [0.5, 0.6) is 0 Å². The largest absolute Gasteiger partial charge is 0.396 e. The van der Waals surface area contributed by atoms with E-state index in [0.29, 0.717) is 6.04 Å². The summed E-state index contributed by atoms with van der Waals surface area (Å²) in [4.78, 5) is 13.6. The van der Waals surface area contributed by atoms with Gasteiger partial charge in [-0.15, -0.1) is 0 Å². The Kier molecular flexibility index (Phi) is 7.83. The molecule has 5 nitrogen and oxygen atoms in total. The number of carbonyl (C=O) groups is 1. The summed E-state index contributed by atoms with van der Waals surface area (Å²) < 4.78 is 0. The molecule has 1 aliphatic rings. The summed E-state index contributed by atoms with van der Waals surface area (Å²) in [6.45, 7) is 1.94. The van der Waals surface area contributed by atoms with Crippen LogP contribution >= 0.6 is 11.6 Å². The number of carbonyl (C=O) groups excluding carboxylic acids is 1.